The van der Waals surface area contributed by atoms with Crippen molar-refractivity contribution in [3.8, 4) is 0 Å². The van der Waals surface area contributed by atoms with Gasteiger partial charge in [0.1, 0.15) is 0 Å². The molecule has 0 spiro atoms. The van der Waals surface area contributed by atoms with Crippen LogP contribution in [0.5, 0.6) is 0 Å². The van der Waals surface area contributed by atoms with E-state index in [4.69, 9.17) is 0 Å². The molecule has 1 aliphatic heterocycles. The van der Waals surface area contributed by atoms with E-state index < -0.39 is 5.60 Å². The minimum absolute atomic E-state index is 0.0148. The average Bonchev–Trinajstić information content (AvgIpc) is 2.83. The third-order valence-corrected chi connectivity index (χ3v) is 4.19. The van der Waals surface area contributed by atoms with Gasteiger partial charge in [-0.15, -0.1) is 0 Å². The highest BCUT2D eigenvalue weighted by molar-refractivity contribution is 5.93. The van der Waals surface area contributed by atoms with Crippen LogP contribution in [0.4, 0.5) is 0 Å². The molecule has 22 heavy (non-hydrogen) atoms. The Hall–Kier alpha value is -1.40. The molecule has 1 N–H and O–H groups in total. The first-order chi connectivity index (χ1) is 10.3. The lowest BCUT2D eigenvalue weighted by Crippen LogP contribution is -2.41. The maximum absolute atomic E-state index is 12.6. The molecule has 1 aromatic rings. The zero-order chi connectivity index (χ0) is 16.3. The van der Waals surface area contributed by atoms with Crippen molar-refractivity contribution in [2.24, 2.45) is 0 Å². The monoisotopic (exact) mass is 308 g/mol. The Bertz CT molecular complexity index is 512. The molecule has 6 nitrogen and oxygen atoms in total. The van der Waals surface area contributed by atoms with Crippen molar-refractivity contribution < 1.29 is 9.90 Å². The molecular formula is C16H28N4O2. The summed E-state index contributed by atoms with van der Waals surface area (Å²) in [6, 6.07) is 0.246. The van der Waals surface area contributed by atoms with Crippen molar-refractivity contribution >= 4 is 5.91 Å². The Morgan fingerprint density at radius 3 is 2.73 bits per heavy atom. The highest BCUT2D eigenvalue weighted by Gasteiger charge is 2.32. The first-order valence-electron chi connectivity index (χ1n) is 8.01. The lowest BCUT2D eigenvalue weighted by molar-refractivity contribution is 0.00305. The van der Waals surface area contributed by atoms with Gasteiger partial charge in [0.05, 0.1) is 17.4 Å². The fraction of sp³-hybridized carbons (Fsp3) is 0.750. The van der Waals surface area contributed by atoms with Crippen LogP contribution in [0.2, 0.25) is 0 Å². The van der Waals surface area contributed by atoms with E-state index in [0.717, 1.165) is 12.8 Å². The number of nitrogens with zero attached hydrogens (tertiary/aromatic N) is 4. The predicted molar refractivity (Wildman–Crippen MR) is 85.9 cm³/mol. The smallest absolute Gasteiger partial charge is 0.257 e. The summed E-state index contributed by atoms with van der Waals surface area (Å²) < 4.78 is 1.80. The SMILES string of the molecule is CC(C)n1cc(C(=O)N2CCCC(O)(CN(C)C)CC2)cn1. The van der Waals surface area contributed by atoms with Crippen LogP contribution < -0.4 is 0 Å². The molecule has 0 bridgehead atoms. The van der Waals surface area contributed by atoms with E-state index in [2.05, 4.69) is 5.10 Å². The van der Waals surface area contributed by atoms with Crippen LogP contribution in [0.1, 0.15) is 49.5 Å². The topological polar surface area (TPSA) is 61.6 Å². The van der Waals surface area contributed by atoms with Crippen molar-refractivity contribution in [1.82, 2.24) is 19.6 Å². The van der Waals surface area contributed by atoms with Gasteiger partial charge >= 0.3 is 0 Å². The van der Waals surface area contributed by atoms with Crippen molar-refractivity contribution in [2.45, 2.75) is 44.8 Å². The van der Waals surface area contributed by atoms with Gasteiger partial charge in [-0.1, -0.05) is 0 Å². The molecule has 2 heterocycles. The third kappa shape index (κ3) is 4.08. The molecule has 2 rings (SSSR count). The molecule has 1 aliphatic rings. The number of hydrogen-bond donors (Lipinski definition) is 1. The molecule has 0 saturated carbocycles. The number of carbonyl (C=O) groups excluding carboxylic acids is 1. The fourth-order valence-corrected chi connectivity index (χ4v) is 3.04. The third-order valence-electron chi connectivity index (χ3n) is 4.19. The van der Waals surface area contributed by atoms with Gasteiger partial charge in [0, 0.05) is 31.9 Å². The quantitative estimate of drug-likeness (QED) is 0.913. The second kappa shape index (κ2) is 6.79. The highest BCUT2D eigenvalue weighted by Crippen LogP contribution is 2.24. The number of aliphatic hydroxyl groups is 1. The zero-order valence-corrected chi connectivity index (χ0v) is 14.1. The van der Waals surface area contributed by atoms with E-state index in [-0.39, 0.29) is 11.9 Å². The van der Waals surface area contributed by atoms with Crippen LogP contribution >= 0.6 is 0 Å². The maximum atomic E-state index is 12.6. The van der Waals surface area contributed by atoms with Gasteiger partial charge in [-0.2, -0.15) is 5.10 Å². The van der Waals surface area contributed by atoms with E-state index >= 15 is 0 Å². The van der Waals surface area contributed by atoms with Gasteiger partial charge in [0.25, 0.3) is 5.91 Å². The van der Waals surface area contributed by atoms with Gasteiger partial charge in [0.2, 0.25) is 0 Å². The Kier molecular flexibility index (Phi) is 5.24. The summed E-state index contributed by atoms with van der Waals surface area (Å²) in [5.74, 6) is 0.0148. The summed E-state index contributed by atoms with van der Waals surface area (Å²) >= 11 is 0. The Morgan fingerprint density at radius 2 is 2.14 bits per heavy atom. The van der Waals surface area contributed by atoms with Crippen LogP contribution in [-0.2, 0) is 0 Å². The van der Waals surface area contributed by atoms with Gasteiger partial charge in [-0.25, -0.2) is 0 Å². The predicted octanol–water partition coefficient (Wildman–Crippen LogP) is 1.38. The minimum Gasteiger partial charge on any atom is -0.388 e. The maximum Gasteiger partial charge on any atom is 0.257 e. The molecular weight excluding hydrogens is 280 g/mol. The molecule has 0 radical (unpaired) electrons. The van der Waals surface area contributed by atoms with E-state index in [9.17, 15) is 9.90 Å². The number of amides is 1. The van der Waals surface area contributed by atoms with Crippen LogP contribution in [0.15, 0.2) is 12.4 Å². The lowest BCUT2D eigenvalue weighted by Gasteiger charge is -2.29. The van der Waals surface area contributed by atoms with Crippen LogP contribution in [0.25, 0.3) is 0 Å². The van der Waals surface area contributed by atoms with Gasteiger partial charge in [0.15, 0.2) is 0 Å². The first kappa shape index (κ1) is 17.0. The summed E-state index contributed by atoms with van der Waals surface area (Å²) in [5, 5.41) is 14.9. The van der Waals surface area contributed by atoms with E-state index in [1.54, 1.807) is 10.9 Å². The molecule has 1 unspecified atom stereocenters. The molecule has 1 amide bonds. The van der Waals surface area contributed by atoms with Gasteiger partial charge in [-0.3, -0.25) is 9.48 Å². The van der Waals surface area contributed by atoms with E-state index in [1.165, 1.54) is 0 Å². The number of aromatic nitrogens is 2. The number of rotatable bonds is 4. The number of hydrogen-bond acceptors (Lipinski definition) is 4. The van der Waals surface area contributed by atoms with Crippen molar-refractivity contribution in [3.05, 3.63) is 18.0 Å². The lowest BCUT2D eigenvalue weighted by atomic mass is 9.94. The summed E-state index contributed by atoms with van der Waals surface area (Å²) in [4.78, 5) is 16.4. The summed E-state index contributed by atoms with van der Waals surface area (Å²) in [6.07, 6.45) is 5.63. The van der Waals surface area contributed by atoms with Crippen molar-refractivity contribution in [3.63, 3.8) is 0 Å². The van der Waals surface area contributed by atoms with Crippen LogP contribution in [-0.4, -0.2) is 69.9 Å². The molecule has 124 valence electrons. The molecule has 6 heteroatoms. The molecule has 1 fully saturated rings. The number of likely N-dealkylation sites (tertiary alicyclic amines) is 1. The second-order valence-corrected chi connectivity index (χ2v) is 6.91. The molecule has 1 aromatic heterocycles. The van der Waals surface area contributed by atoms with E-state index in [0.29, 0.717) is 31.6 Å². The molecule has 0 aromatic carbocycles. The van der Waals surface area contributed by atoms with Crippen molar-refractivity contribution in [1.29, 1.82) is 0 Å². The first-order valence-corrected chi connectivity index (χ1v) is 8.01. The van der Waals surface area contributed by atoms with Crippen molar-refractivity contribution in [2.75, 3.05) is 33.7 Å². The normalized spacial score (nSPS) is 23.1. The summed E-state index contributed by atoms with van der Waals surface area (Å²) in [7, 11) is 3.93. The van der Waals surface area contributed by atoms with Gasteiger partial charge in [-0.05, 0) is 47.2 Å². The Balaban J connectivity index is 2.02. The zero-order valence-electron chi connectivity index (χ0n) is 14.1. The number of carbonyl (C=O) groups is 1. The van der Waals surface area contributed by atoms with E-state index in [1.807, 2.05) is 43.9 Å². The largest absolute Gasteiger partial charge is 0.388 e. The van der Waals surface area contributed by atoms with Gasteiger partial charge < -0.3 is 14.9 Å². The summed E-state index contributed by atoms with van der Waals surface area (Å²) in [5.41, 5.74) is -0.0626. The molecule has 1 saturated heterocycles. The number of likely N-dealkylation sites (N-methyl/N-ethyl adjacent to an activating group) is 1. The Morgan fingerprint density at radius 1 is 1.41 bits per heavy atom. The average molecular weight is 308 g/mol. The highest BCUT2D eigenvalue weighted by atomic mass is 16.3. The second-order valence-electron chi connectivity index (χ2n) is 6.91. The standard InChI is InChI=1S/C16H28N4O2/c1-13(2)20-11-14(10-17-20)15(21)19-8-5-6-16(22,7-9-19)12-18(3)4/h10-11,13,22H,5-9,12H2,1-4H3. The Labute approximate surface area is 132 Å². The molecule has 0 aliphatic carbocycles. The fourth-order valence-electron chi connectivity index (χ4n) is 3.04. The van der Waals surface area contributed by atoms with Crippen LogP contribution in [0, 0.1) is 0 Å². The summed E-state index contributed by atoms with van der Waals surface area (Å²) in [6.45, 7) is 6.00. The molecule has 1 atom stereocenters. The van der Waals surface area contributed by atoms with Crippen LogP contribution in [0.3, 0.4) is 0 Å². The minimum atomic E-state index is -0.694.